The van der Waals surface area contributed by atoms with Crippen molar-refractivity contribution in [2.75, 3.05) is 0 Å². The van der Waals surface area contributed by atoms with E-state index in [1.54, 1.807) is 31.2 Å². The SMILES string of the molecule is C/C=C/C=C/C=C/C1=C2C(=O)O[C@@H](C)C[C@@H](O)C[C@@H](O)[C@]3(O)[C@@H](O)C=C[C@H](O1)[C@H]23. The van der Waals surface area contributed by atoms with Gasteiger partial charge in [-0.25, -0.2) is 4.79 Å². The van der Waals surface area contributed by atoms with Gasteiger partial charge >= 0.3 is 5.97 Å². The van der Waals surface area contributed by atoms with Gasteiger partial charge in [-0.05, 0) is 26.0 Å². The second-order valence-corrected chi connectivity index (χ2v) is 7.68. The van der Waals surface area contributed by atoms with Crippen LogP contribution in [0.15, 0.2) is 59.9 Å². The van der Waals surface area contributed by atoms with Gasteiger partial charge in [0, 0.05) is 12.8 Å². The molecule has 4 N–H and O–H groups in total. The number of hydrogen-bond acceptors (Lipinski definition) is 7. The standard InChI is InChI=1S/C22H28O7/c1-3-4-5-6-7-8-15-19-20-16(29-15)9-10-17(24)22(20,27)18(25)12-14(23)11-13(2)28-21(19)26/h3-10,13-14,16-18,20,23-25,27H,11-12H2,1-2H3/b4-3+,6-5+,8-7+/t13-,14+,16-,17-,18+,20+,22+/m0/s1. The summed E-state index contributed by atoms with van der Waals surface area (Å²) in [5.74, 6) is -1.53. The van der Waals surface area contributed by atoms with Gasteiger partial charge in [-0.1, -0.05) is 36.5 Å². The number of aliphatic hydroxyl groups is 4. The predicted octanol–water partition coefficient (Wildman–Crippen LogP) is 1.05. The predicted molar refractivity (Wildman–Crippen MR) is 105 cm³/mol. The lowest BCUT2D eigenvalue weighted by Gasteiger charge is -2.45. The topological polar surface area (TPSA) is 116 Å². The molecule has 0 bridgehead atoms. The lowest BCUT2D eigenvalue weighted by atomic mass is 9.68. The van der Waals surface area contributed by atoms with E-state index in [1.165, 1.54) is 6.08 Å². The third-order valence-corrected chi connectivity index (χ3v) is 5.56. The summed E-state index contributed by atoms with van der Waals surface area (Å²) in [4.78, 5) is 13.0. The fourth-order valence-electron chi connectivity index (χ4n) is 4.16. The minimum Gasteiger partial charge on any atom is -0.485 e. The molecule has 0 aromatic carbocycles. The zero-order chi connectivity index (χ0) is 21.2. The molecule has 0 spiro atoms. The molecule has 2 aliphatic heterocycles. The Morgan fingerprint density at radius 1 is 1.07 bits per heavy atom. The van der Waals surface area contributed by atoms with E-state index >= 15 is 0 Å². The number of ether oxygens (including phenoxy) is 2. The third kappa shape index (κ3) is 4.09. The maximum atomic E-state index is 13.0. The number of carbonyl (C=O) groups is 1. The molecule has 3 rings (SSSR count). The van der Waals surface area contributed by atoms with Crippen molar-refractivity contribution in [3.05, 3.63) is 59.9 Å². The summed E-state index contributed by atoms with van der Waals surface area (Å²) in [6, 6.07) is 0. The normalized spacial score (nSPS) is 40.6. The van der Waals surface area contributed by atoms with Crippen molar-refractivity contribution >= 4 is 5.97 Å². The summed E-state index contributed by atoms with van der Waals surface area (Å²) in [5, 5.41) is 42.8. The summed E-state index contributed by atoms with van der Waals surface area (Å²) in [6.07, 6.45) is 8.13. The first kappa shape index (κ1) is 21.5. The lowest BCUT2D eigenvalue weighted by Crippen LogP contribution is -2.62. The van der Waals surface area contributed by atoms with Gasteiger partial charge in [0.05, 0.1) is 23.7 Å². The van der Waals surface area contributed by atoms with E-state index in [-0.39, 0.29) is 24.2 Å². The fraction of sp³-hybridized carbons (Fsp3) is 0.500. The Bertz CT molecular complexity index is 778. The van der Waals surface area contributed by atoms with Crippen LogP contribution in [-0.2, 0) is 14.3 Å². The molecule has 0 saturated carbocycles. The van der Waals surface area contributed by atoms with E-state index in [1.807, 2.05) is 25.2 Å². The molecule has 2 heterocycles. The minimum atomic E-state index is -2.11. The third-order valence-electron chi connectivity index (χ3n) is 5.56. The van der Waals surface area contributed by atoms with Crippen molar-refractivity contribution in [1.82, 2.24) is 0 Å². The van der Waals surface area contributed by atoms with Gasteiger partial charge in [0.15, 0.2) is 0 Å². The Balaban J connectivity index is 2.08. The lowest BCUT2D eigenvalue weighted by molar-refractivity contribution is -0.186. The minimum absolute atomic E-state index is 0.0684. The first-order valence-corrected chi connectivity index (χ1v) is 9.81. The maximum absolute atomic E-state index is 13.0. The Morgan fingerprint density at radius 2 is 1.79 bits per heavy atom. The van der Waals surface area contributed by atoms with Crippen molar-refractivity contribution in [3.8, 4) is 0 Å². The van der Waals surface area contributed by atoms with Gasteiger partial charge in [-0.15, -0.1) is 0 Å². The van der Waals surface area contributed by atoms with Gasteiger partial charge in [0.2, 0.25) is 0 Å². The zero-order valence-electron chi connectivity index (χ0n) is 16.5. The van der Waals surface area contributed by atoms with Crippen LogP contribution >= 0.6 is 0 Å². The van der Waals surface area contributed by atoms with Crippen molar-refractivity contribution in [2.24, 2.45) is 5.92 Å². The molecule has 0 unspecified atom stereocenters. The number of aliphatic hydroxyl groups excluding tert-OH is 3. The molecule has 1 saturated heterocycles. The van der Waals surface area contributed by atoms with E-state index in [4.69, 9.17) is 9.47 Å². The summed E-state index contributed by atoms with van der Waals surface area (Å²) in [6.45, 7) is 3.54. The van der Waals surface area contributed by atoms with E-state index in [0.717, 1.165) is 0 Å². The smallest absolute Gasteiger partial charge is 0.338 e. The number of allylic oxidation sites excluding steroid dienone is 6. The molecular formula is C22H28O7. The summed E-state index contributed by atoms with van der Waals surface area (Å²) in [7, 11) is 0. The van der Waals surface area contributed by atoms with Crippen molar-refractivity contribution < 1.29 is 34.7 Å². The number of esters is 1. The van der Waals surface area contributed by atoms with Crippen LogP contribution in [0.25, 0.3) is 0 Å². The van der Waals surface area contributed by atoms with Crippen molar-refractivity contribution in [3.63, 3.8) is 0 Å². The molecule has 29 heavy (non-hydrogen) atoms. The number of carbonyl (C=O) groups excluding carboxylic acids is 1. The number of rotatable bonds is 3. The van der Waals surface area contributed by atoms with Gasteiger partial charge in [0.1, 0.15) is 29.7 Å². The molecule has 7 atom stereocenters. The van der Waals surface area contributed by atoms with Crippen LogP contribution in [0.4, 0.5) is 0 Å². The summed E-state index contributed by atoms with van der Waals surface area (Å²) in [5.41, 5.74) is -2.04. The Hall–Kier alpha value is -2.19. The van der Waals surface area contributed by atoms with Crippen molar-refractivity contribution in [2.45, 2.75) is 62.8 Å². The molecule has 7 nitrogen and oxygen atoms in total. The average molecular weight is 404 g/mol. The van der Waals surface area contributed by atoms with Crippen LogP contribution in [0.3, 0.4) is 0 Å². The van der Waals surface area contributed by atoms with E-state index in [2.05, 4.69) is 0 Å². The molecule has 7 heteroatoms. The molecule has 158 valence electrons. The maximum Gasteiger partial charge on any atom is 0.338 e. The second-order valence-electron chi connectivity index (χ2n) is 7.68. The monoisotopic (exact) mass is 404 g/mol. The Kier molecular flexibility index (Phi) is 6.43. The van der Waals surface area contributed by atoms with E-state index in [0.29, 0.717) is 0 Å². The van der Waals surface area contributed by atoms with Crippen LogP contribution in [0.1, 0.15) is 26.7 Å². The molecule has 1 fully saturated rings. The first-order chi connectivity index (χ1) is 13.8. The number of cyclic esters (lactones) is 1. The molecular weight excluding hydrogens is 376 g/mol. The highest BCUT2D eigenvalue weighted by atomic mass is 16.5. The van der Waals surface area contributed by atoms with Crippen LogP contribution in [0.5, 0.6) is 0 Å². The second kappa shape index (κ2) is 8.67. The molecule has 0 radical (unpaired) electrons. The van der Waals surface area contributed by atoms with Gasteiger partial charge in [-0.3, -0.25) is 0 Å². The largest absolute Gasteiger partial charge is 0.485 e. The summed E-state index contributed by atoms with van der Waals surface area (Å²) < 4.78 is 11.4. The molecule has 3 aliphatic rings. The Morgan fingerprint density at radius 3 is 2.52 bits per heavy atom. The van der Waals surface area contributed by atoms with Gasteiger partial charge in [0.25, 0.3) is 0 Å². The highest BCUT2D eigenvalue weighted by Crippen LogP contribution is 2.47. The molecule has 0 aromatic rings. The highest BCUT2D eigenvalue weighted by molar-refractivity contribution is 5.91. The van der Waals surface area contributed by atoms with Crippen LogP contribution < -0.4 is 0 Å². The quantitative estimate of drug-likeness (QED) is 0.316. The van der Waals surface area contributed by atoms with Crippen LogP contribution in [0, 0.1) is 5.92 Å². The first-order valence-electron chi connectivity index (χ1n) is 9.81. The van der Waals surface area contributed by atoms with Crippen molar-refractivity contribution in [1.29, 1.82) is 0 Å². The highest BCUT2D eigenvalue weighted by Gasteiger charge is 2.60. The molecule has 0 aromatic heterocycles. The molecule has 1 aliphatic carbocycles. The fourth-order valence-corrected chi connectivity index (χ4v) is 4.16. The van der Waals surface area contributed by atoms with Gasteiger partial charge < -0.3 is 29.9 Å². The number of hydrogen-bond donors (Lipinski definition) is 4. The zero-order valence-corrected chi connectivity index (χ0v) is 16.5. The van der Waals surface area contributed by atoms with E-state index in [9.17, 15) is 25.2 Å². The average Bonchev–Trinajstić information content (AvgIpc) is 3.03. The summed E-state index contributed by atoms with van der Waals surface area (Å²) >= 11 is 0. The van der Waals surface area contributed by atoms with E-state index < -0.39 is 48.0 Å². The van der Waals surface area contributed by atoms with Crippen LogP contribution in [0.2, 0.25) is 0 Å². The van der Waals surface area contributed by atoms with Crippen LogP contribution in [-0.4, -0.2) is 62.5 Å². The van der Waals surface area contributed by atoms with Gasteiger partial charge in [-0.2, -0.15) is 0 Å². The molecule has 0 amide bonds. The Labute approximate surface area is 170 Å².